The summed E-state index contributed by atoms with van der Waals surface area (Å²) in [6.07, 6.45) is 6.58. The molecule has 1 saturated heterocycles. The molecule has 4 rings (SSSR count). The summed E-state index contributed by atoms with van der Waals surface area (Å²) >= 11 is 0. The Kier molecular flexibility index (Phi) is 6.35. The van der Waals surface area contributed by atoms with Crippen molar-refractivity contribution in [2.75, 3.05) is 17.7 Å². The molecule has 2 fully saturated rings. The second kappa shape index (κ2) is 8.86. The van der Waals surface area contributed by atoms with Crippen molar-refractivity contribution in [3.63, 3.8) is 0 Å². The van der Waals surface area contributed by atoms with Crippen LogP contribution < -0.4 is 9.62 Å². The Morgan fingerprint density at radius 1 is 1.26 bits per heavy atom. The zero-order valence-corrected chi connectivity index (χ0v) is 19.3. The number of halogens is 1. The third-order valence-corrected chi connectivity index (χ3v) is 7.31. The lowest BCUT2D eigenvalue weighted by Gasteiger charge is -2.28. The fraction of sp³-hybridized carbons (Fsp3) is 0.636. The van der Waals surface area contributed by atoms with Gasteiger partial charge < -0.3 is 4.90 Å². The van der Waals surface area contributed by atoms with Crippen molar-refractivity contribution in [1.82, 2.24) is 19.5 Å². The Morgan fingerprint density at radius 2 is 2.06 bits per heavy atom. The number of sulfonamides is 1. The van der Waals surface area contributed by atoms with Crippen LogP contribution in [0.5, 0.6) is 0 Å². The standard InChI is InChI=1S/C22H32FN5O2S/c1-15-9-10-17(12-15)14-28-21(16(2)26-31(3,29)30)24-25-22(28)27-11-5-8-20(27)18-6-4-7-19(23)13-18/h4,6-7,13,15-17,20,26H,5,8-12,14H2,1-3H3. The van der Waals surface area contributed by atoms with E-state index >= 15 is 0 Å². The SMILES string of the molecule is CC1CCC(Cn2c(C(C)NS(C)(=O)=O)nnc2N2CCCC2c2cccc(F)c2)C1. The Bertz CT molecular complexity index is 1020. The van der Waals surface area contributed by atoms with E-state index in [1.807, 2.05) is 6.07 Å². The van der Waals surface area contributed by atoms with Gasteiger partial charge in [0, 0.05) is 13.1 Å². The number of aromatic nitrogens is 3. The zero-order valence-electron chi connectivity index (χ0n) is 18.5. The van der Waals surface area contributed by atoms with Crippen molar-refractivity contribution in [3.8, 4) is 0 Å². The molecule has 1 saturated carbocycles. The molecule has 1 N–H and O–H groups in total. The predicted octanol–water partition coefficient (Wildman–Crippen LogP) is 3.81. The number of hydrogen-bond acceptors (Lipinski definition) is 5. The smallest absolute Gasteiger partial charge is 0.227 e. The van der Waals surface area contributed by atoms with Gasteiger partial charge in [0.05, 0.1) is 18.3 Å². The maximum absolute atomic E-state index is 13.9. The topological polar surface area (TPSA) is 80.1 Å². The lowest BCUT2D eigenvalue weighted by molar-refractivity contribution is 0.421. The molecule has 2 aliphatic rings. The lowest BCUT2D eigenvalue weighted by atomic mass is 10.0. The normalized spacial score (nSPS) is 25.3. The molecule has 2 heterocycles. The minimum Gasteiger partial charge on any atom is -0.334 e. The van der Waals surface area contributed by atoms with Gasteiger partial charge in [0.25, 0.3) is 0 Å². The van der Waals surface area contributed by atoms with Crippen LogP contribution in [0.25, 0.3) is 0 Å². The number of nitrogens with zero attached hydrogens (tertiary/aromatic N) is 4. The van der Waals surface area contributed by atoms with Gasteiger partial charge in [-0.05, 0) is 62.1 Å². The summed E-state index contributed by atoms with van der Waals surface area (Å²) in [6.45, 7) is 5.66. The van der Waals surface area contributed by atoms with Gasteiger partial charge >= 0.3 is 0 Å². The quantitative estimate of drug-likeness (QED) is 0.695. The van der Waals surface area contributed by atoms with Gasteiger partial charge in [-0.15, -0.1) is 10.2 Å². The monoisotopic (exact) mass is 449 g/mol. The van der Waals surface area contributed by atoms with Gasteiger partial charge in [0.1, 0.15) is 5.82 Å². The molecule has 170 valence electrons. The summed E-state index contributed by atoms with van der Waals surface area (Å²) in [4.78, 5) is 2.21. The highest BCUT2D eigenvalue weighted by Crippen LogP contribution is 2.38. The first kappa shape index (κ1) is 22.2. The molecule has 4 unspecified atom stereocenters. The van der Waals surface area contributed by atoms with Crippen LogP contribution in [0.4, 0.5) is 10.3 Å². The number of anilines is 1. The highest BCUT2D eigenvalue weighted by atomic mass is 32.2. The van der Waals surface area contributed by atoms with E-state index in [2.05, 4.69) is 31.3 Å². The van der Waals surface area contributed by atoms with Crippen molar-refractivity contribution < 1.29 is 12.8 Å². The average Bonchev–Trinajstić information content (AvgIpc) is 3.40. The zero-order chi connectivity index (χ0) is 22.2. The Balaban J connectivity index is 1.69. The van der Waals surface area contributed by atoms with Crippen LogP contribution in [0.2, 0.25) is 0 Å². The van der Waals surface area contributed by atoms with E-state index in [9.17, 15) is 12.8 Å². The van der Waals surface area contributed by atoms with E-state index in [-0.39, 0.29) is 11.9 Å². The van der Waals surface area contributed by atoms with Gasteiger partial charge in [0.2, 0.25) is 16.0 Å². The summed E-state index contributed by atoms with van der Waals surface area (Å²) in [5, 5.41) is 8.94. The predicted molar refractivity (Wildman–Crippen MR) is 119 cm³/mol. The maximum atomic E-state index is 13.9. The van der Waals surface area contributed by atoms with Crippen LogP contribution in [-0.4, -0.2) is 36.0 Å². The number of nitrogens with one attached hydrogen (secondary N) is 1. The van der Waals surface area contributed by atoms with Crippen molar-refractivity contribution >= 4 is 16.0 Å². The summed E-state index contributed by atoms with van der Waals surface area (Å²) in [7, 11) is -3.38. The molecule has 0 amide bonds. The van der Waals surface area contributed by atoms with Crippen LogP contribution in [-0.2, 0) is 16.6 Å². The van der Waals surface area contributed by atoms with Crippen molar-refractivity contribution in [1.29, 1.82) is 0 Å². The van der Waals surface area contributed by atoms with Crippen LogP contribution in [0.3, 0.4) is 0 Å². The van der Waals surface area contributed by atoms with E-state index in [0.717, 1.165) is 56.5 Å². The third kappa shape index (κ3) is 5.09. The fourth-order valence-corrected chi connectivity index (χ4v) is 5.95. The van der Waals surface area contributed by atoms with Gasteiger partial charge in [-0.1, -0.05) is 25.5 Å². The fourth-order valence-electron chi connectivity index (χ4n) is 5.20. The van der Waals surface area contributed by atoms with E-state index in [1.54, 1.807) is 19.1 Å². The highest BCUT2D eigenvalue weighted by molar-refractivity contribution is 7.88. The number of hydrogen-bond donors (Lipinski definition) is 1. The lowest BCUT2D eigenvalue weighted by Crippen LogP contribution is -2.30. The molecule has 0 bridgehead atoms. The first-order valence-corrected chi connectivity index (χ1v) is 13.0. The van der Waals surface area contributed by atoms with Crippen LogP contribution in [0.1, 0.15) is 69.4 Å². The third-order valence-electron chi connectivity index (χ3n) is 6.53. The average molecular weight is 450 g/mol. The Hall–Kier alpha value is -2.00. The van der Waals surface area contributed by atoms with E-state index in [0.29, 0.717) is 17.7 Å². The minimum atomic E-state index is -3.38. The van der Waals surface area contributed by atoms with Crippen LogP contribution in [0.15, 0.2) is 24.3 Å². The molecule has 1 aliphatic heterocycles. The van der Waals surface area contributed by atoms with E-state index < -0.39 is 16.1 Å². The molecule has 4 atom stereocenters. The van der Waals surface area contributed by atoms with E-state index in [4.69, 9.17) is 0 Å². The summed E-state index contributed by atoms with van der Waals surface area (Å²) in [6, 6.07) is 6.31. The number of rotatable bonds is 7. The Labute approximate surface area is 184 Å². The van der Waals surface area contributed by atoms with Gasteiger partial charge in [-0.25, -0.2) is 17.5 Å². The second-order valence-electron chi connectivity index (χ2n) is 9.27. The molecule has 9 heteroatoms. The summed E-state index contributed by atoms with van der Waals surface area (Å²) < 4.78 is 42.3. The molecule has 31 heavy (non-hydrogen) atoms. The molecular formula is C22H32FN5O2S. The molecule has 0 spiro atoms. The van der Waals surface area contributed by atoms with Gasteiger partial charge in [-0.3, -0.25) is 4.57 Å². The molecule has 2 aromatic rings. The largest absolute Gasteiger partial charge is 0.334 e. The van der Waals surface area contributed by atoms with Crippen molar-refractivity contribution in [2.45, 2.75) is 64.6 Å². The minimum absolute atomic E-state index is 0.0344. The van der Waals surface area contributed by atoms with Crippen molar-refractivity contribution in [2.24, 2.45) is 11.8 Å². The molecule has 1 aliphatic carbocycles. The van der Waals surface area contributed by atoms with Crippen LogP contribution in [0, 0.1) is 17.7 Å². The highest BCUT2D eigenvalue weighted by Gasteiger charge is 2.33. The van der Waals surface area contributed by atoms with E-state index in [1.165, 1.54) is 12.5 Å². The van der Waals surface area contributed by atoms with Gasteiger partial charge in [-0.2, -0.15) is 0 Å². The van der Waals surface area contributed by atoms with Gasteiger partial charge in [0.15, 0.2) is 5.82 Å². The van der Waals surface area contributed by atoms with Crippen LogP contribution >= 0.6 is 0 Å². The number of benzene rings is 1. The van der Waals surface area contributed by atoms with Crippen molar-refractivity contribution in [3.05, 3.63) is 41.5 Å². The maximum Gasteiger partial charge on any atom is 0.227 e. The molecule has 0 radical (unpaired) electrons. The molecular weight excluding hydrogens is 417 g/mol. The first-order chi connectivity index (χ1) is 14.7. The molecule has 1 aromatic heterocycles. The first-order valence-electron chi connectivity index (χ1n) is 11.1. The molecule has 1 aromatic carbocycles. The Morgan fingerprint density at radius 3 is 2.74 bits per heavy atom. The summed E-state index contributed by atoms with van der Waals surface area (Å²) in [5.41, 5.74) is 0.936. The summed E-state index contributed by atoms with van der Waals surface area (Å²) in [5.74, 6) is 2.36. The second-order valence-corrected chi connectivity index (χ2v) is 11.1. The molecule has 7 nitrogen and oxygen atoms in total.